The number of piperidine rings is 1. The monoisotopic (exact) mass is 283 g/mol. The molecule has 0 aromatic carbocycles. The second kappa shape index (κ2) is 6.46. The van der Waals surface area contributed by atoms with Crippen molar-refractivity contribution in [2.45, 2.75) is 51.9 Å². The van der Waals surface area contributed by atoms with Crippen LogP contribution >= 0.6 is 0 Å². The zero-order valence-corrected chi connectivity index (χ0v) is 12.3. The number of nitrogens with zero attached hydrogens (tertiary/aromatic N) is 1. The van der Waals surface area contributed by atoms with Gasteiger partial charge in [-0.1, -0.05) is 26.2 Å². The molecule has 0 atom stereocenters. The van der Waals surface area contributed by atoms with Gasteiger partial charge in [-0.15, -0.1) is 0 Å². The van der Waals surface area contributed by atoms with Gasteiger partial charge in [0.25, 0.3) is 0 Å². The molecule has 1 aliphatic heterocycles. The van der Waals surface area contributed by atoms with Gasteiger partial charge in [0, 0.05) is 13.1 Å². The van der Waals surface area contributed by atoms with E-state index in [-0.39, 0.29) is 6.09 Å². The maximum absolute atomic E-state index is 11.8. The van der Waals surface area contributed by atoms with Crippen LogP contribution in [0.2, 0.25) is 0 Å². The van der Waals surface area contributed by atoms with Crippen molar-refractivity contribution >= 4 is 12.1 Å². The van der Waals surface area contributed by atoms with Gasteiger partial charge >= 0.3 is 12.1 Å². The number of ether oxygens (including phenoxy) is 1. The molecule has 0 spiro atoms. The second-order valence-electron chi connectivity index (χ2n) is 6.19. The average molecular weight is 283 g/mol. The number of amides is 1. The number of aliphatic carboxylic acids is 1. The van der Waals surface area contributed by atoms with E-state index in [1.165, 1.54) is 0 Å². The standard InChI is InChI=1S/C15H25NO4/c1-2-3-10-20-14(19)16-8-6-15(7-9-16,13(17)18)11-12-4-5-12/h12H,2-11H2,1H3,(H,17,18). The first-order chi connectivity index (χ1) is 9.57. The van der Waals surface area contributed by atoms with Crippen LogP contribution in [0.15, 0.2) is 0 Å². The molecule has 0 unspecified atom stereocenters. The number of hydrogen-bond acceptors (Lipinski definition) is 3. The highest BCUT2D eigenvalue weighted by atomic mass is 16.6. The zero-order valence-electron chi connectivity index (χ0n) is 12.3. The quantitative estimate of drug-likeness (QED) is 0.761. The van der Waals surface area contributed by atoms with Crippen LogP contribution in [-0.2, 0) is 9.53 Å². The molecule has 0 radical (unpaired) electrons. The van der Waals surface area contributed by atoms with Crippen LogP contribution in [0.25, 0.3) is 0 Å². The third-order valence-electron chi connectivity index (χ3n) is 4.53. The Bertz CT molecular complexity index is 357. The topological polar surface area (TPSA) is 66.8 Å². The maximum Gasteiger partial charge on any atom is 0.409 e. The molecule has 1 aliphatic carbocycles. The Hall–Kier alpha value is -1.26. The lowest BCUT2D eigenvalue weighted by atomic mass is 9.74. The summed E-state index contributed by atoms with van der Waals surface area (Å²) in [5.41, 5.74) is -0.610. The van der Waals surface area contributed by atoms with Crippen molar-refractivity contribution in [3.63, 3.8) is 0 Å². The van der Waals surface area contributed by atoms with Crippen molar-refractivity contribution in [1.29, 1.82) is 0 Å². The van der Waals surface area contributed by atoms with Gasteiger partial charge in [-0.2, -0.15) is 0 Å². The molecular weight excluding hydrogens is 258 g/mol. The summed E-state index contributed by atoms with van der Waals surface area (Å²) in [6.07, 6.45) is 5.81. The van der Waals surface area contributed by atoms with E-state index >= 15 is 0 Å². The Balaban J connectivity index is 1.83. The average Bonchev–Trinajstić information content (AvgIpc) is 3.23. The lowest BCUT2D eigenvalue weighted by molar-refractivity contribution is -0.152. The molecule has 2 aliphatic rings. The number of likely N-dealkylation sites (tertiary alicyclic amines) is 1. The lowest BCUT2D eigenvalue weighted by Crippen LogP contribution is -2.47. The van der Waals surface area contributed by atoms with Crippen LogP contribution in [0, 0.1) is 11.3 Å². The van der Waals surface area contributed by atoms with Gasteiger partial charge in [0.05, 0.1) is 12.0 Å². The summed E-state index contributed by atoms with van der Waals surface area (Å²) in [7, 11) is 0. The molecule has 1 N–H and O–H groups in total. The first-order valence-corrected chi connectivity index (χ1v) is 7.72. The van der Waals surface area contributed by atoms with Crippen LogP contribution < -0.4 is 0 Å². The van der Waals surface area contributed by atoms with Crippen molar-refractivity contribution in [2.24, 2.45) is 11.3 Å². The fraction of sp³-hybridized carbons (Fsp3) is 0.867. The fourth-order valence-electron chi connectivity index (χ4n) is 2.89. The Morgan fingerprint density at radius 3 is 2.45 bits per heavy atom. The minimum absolute atomic E-state index is 0.288. The SMILES string of the molecule is CCCCOC(=O)N1CCC(CC2CC2)(C(=O)O)CC1. The molecule has 0 aromatic heterocycles. The number of unbranched alkanes of at least 4 members (excludes halogenated alkanes) is 1. The molecule has 2 fully saturated rings. The van der Waals surface area contributed by atoms with Gasteiger partial charge in [0.2, 0.25) is 0 Å². The highest BCUT2D eigenvalue weighted by Crippen LogP contribution is 2.45. The van der Waals surface area contributed by atoms with E-state index in [1.807, 2.05) is 6.92 Å². The van der Waals surface area contributed by atoms with Crippen LogP contribution in [0.3, 0.4) is 0 Å². The molecule has 0 bridgehead atoms. The fourth-order valence-corrected chi connectivity index (χ4v) is 2.89. The van der Waals surface area contributed by atoms with Crippen molar-refractivity contribution in [3.05, 3.63) is 0 Å². The van der Waals surface area contributed by atoms with Gasteiger partial charge in [-0.3, -0.25) is 4.79 Å². The molecule has 20 heavy (non-hydrogen) atoms. The van der Waals surface area contributed by atoms with E-state index in [4.69, 9.17) is 4.74 Å². The molecule has 1 heterocycles. The summed E-state index contributed by atoms with van der Waals surface area (Å²) in [6.45, 7) is 3.51. The lowest BCUT2D eigenvalue weighted by Gasteiger charge is -2.38. The predicted octanol–water partition coefficient (Wildman–Crippen LogP) is 2.89. The summed E-state index contributed by atoms with van der Waals surface area (Å²) >= 11 is 0. The minimum Gasteiger partial charge on any atom is -0.481 e. The second-order valence-corrected chi connectivity index (χ2v) is 6.19. The third kappa shape index (κ3) is 3.64. The van der Waals surface area contributed by atoms with E-state index in [0.717, 1.165) is 32.1 Å². The summed E-state index contributed by atoms with van der Waals surface area (Å²) in [6, 6.07) is 0. The van der Waals surface area contributed by atoms with Gasteiger partial charge in [-0.25, -0.2) is 4.79 Å². The summed E-state index contributed by atoms with van der Waals surface area (Å²) in [5.74, 6) is -0.0995. The van der Waals surface area contributed by atoms with Crippen molar-refractivity contribution in [2.75, 3.05) is 19.7 Å². The van der Waals surface area contributed by atoms with Crippen LogP contribution in [0.4, 0.5) is 4.79 Å². The third-order valence-corrected chi connectivity index (χ3v) is 4.53. The van der Waals surface area contributed by atoms with Crippen LogP contribution in [-0.4, -0.2) is 41.8 Å². The number of rotatable bonds is 6. The molecular formula is C15H25NO4. The predicted molar refractivity (Wildman–Crippen MR) is 74.5 cm³/mol. The van der Waals surface area contributed by atoms with Gasteiger partial charge in [0.15, 0.2) is 0 Å². The number of carbonyl (C=O) groups is 2. The van der Waals surface area contributed by atoms with Gasteiger partial charge < -0.3 is 14.7 Å². The Morgan fingerprint density at radius 1 is 1.30 bits per heavy atom. The molecule has 2 rings (SSSR count). The first kappa shape index (κ1) is 15.1. The van der Waals surface area contributed by atoms with Gasteiger partial charge in [-0.05, 0) is 31.6 Å². The molecule has 1 saturated heterocycles. The highest BCUT2D eigenvalue weighted by molar-refractivity contribution is 5.75. The Kier molecular flexibility index (Phi) is 4.89. The molecule has 5 nitrogen and oxygen atoms in total. The summed E-state index contributed by atoms with van der Waals surface area (Å²) in [5, 5.41) is 9.53. The van der Waals surface area contributed by atoms with Crippen molar-refractivity contribution in [3.8, 4) is 0 Å². The normalized spacial score (nSPS) is 21.6. The van der Waals surface area contributed by atoms with E-state index in [9.17, 15) is 14.7 Å². The van der Waals surface area contributed by atoms with E-state index in [1.54, 1.807) is 4.90 Å². The van der Waals surface area contributed by atoms with Crippen LogP contribution in [0.5, 0.6) is 0 Å². The van der Waals surface area contributed by atoms with E-state index in [0.29, 0.717) is 38.5 Å². The number of hydrogen-bond donors (Lipinski definition) is 1. The summed E-state index contributed by atoms with van der Waals surface area (Å²) < 4.78 is 5.18. The van der Waals surface area contributed by atoms with Crippen LogP contribution in [0.1, 0.15) is 51.9 Å². The zero-order chi connectivity index (χ0) is 14.6. The number of carbonyl (C=O) groups excluding carboxylic acids is 1. The largest absolute Gasteiger partial charge is 0.481 e. The molecule has 1 saturated carbocycles. The maximum atomic E-state index is 11.8. The number of carboxylic acid groups (broad SMARTS) is 1. The smallest absolute Gasteiger partial charge is 0.409 e. The highest BCUT2D eigenvalue weighted by Gasteiger charge is 2.45. The Morgan fingerprint density at radius 2 is 1.95 bits per heavy atom. The van der Waals surface area contributed by atoms with Crippen molar-refractivity contribution < 1.29 is 19.4 Å². The van der Waals surface area contributed by atoms with Crippen molar-refractivity contribution in [1.82, 2.24) is 4.90 Å². The molecule has 5 heteroatoms. The van der Waals surface area contributed by atoms with E-state index in [2.05, 4.69) is 0 Å². The van der Waals surface area contributed by atoms with E-state index < -0.39 is 11.4 Å². The first-order valence-electron chi connectivity index (χ1n) is 7.72. The molecule has 0 aromatic rings. The number of carboxylic acids is 1. The minimum atomic E-state index is -0.691. The summed E-state index contributed by atoms with van der Waals surface area (Å²) in [4.78, 5) is 25.1. The Labute approximate surface area is 120 Å². The molecule has 114 valence electrons. The van der Waals surface area contributed by atoms with Gasteiger partial charge in [0.1, 0.15) is 0 Å². The molecule has 1 amide bonds.